The molecule has 1 aliphatic rings. The average molecular weight is 447 g/mol. The maximum Gasteiger partial charge on any atom is 0.300 e. The van der Waals surface area contributed by atoms with Crippen molar-refractivity contribution < 1.29 is 28.6 Å². The summed E-state index contributed by atoms with van der Waals surface area (Å²) in [5.41, 5.74) is 2.01. The first-order chi connectivity index (χ1) is 15.8. The lowest BCUT2D eigenvalue weighted by Gasteiger charge is -2.25. The Balaban J connectivity index is 1.97. The fourth-order valence-electron chi connectivity index (χ4n) is 3.91. The van der Waals surface area contributed by atoms with Crippen LogP contribution >= 0.6 is 0 Å². The van der Waals surface area contributed by atoms with Gasteiger partial charge in [-0.3, -0.25) is 14.5 Å². The van der Waals surface area contributed by atoms with E-state index >= 15 is 0 Å². The molecule has 33 heavy (non-hydrogen) atoms. The van der Waals surface area contributed by atoms with Gasteiger partial charge in [-0.15, -0.1) is 0 Å². The number of hydrogen-bond acceptors (Lipinski definition) is 5. The summed E-state index contributed by atoms with van der Waals surface area (Å²) in [6.07, 6.45) is 0. The van der Waals surface area contributed by atoms with Gasteiger partial charge in [-0.05, 0) is 55.0 Å². The molecule has 0 aliphatic carbocycles. The second-order valence-electron chi connectivity index (χ2n) is 7.62. The van der Waals surface area contributed by atoms with Crippen molar-refractivity contribution in [1.29, 1.82) is 0 Å². The van der Waals surface area contributed by atoms with E-state index in [1.807, 2.05) is 19.1 Å². The fourth-order valence-corrected chi connectivity index (χ4v) is 3.91. The van der Waals surface area contributed by atoms with Gasteiger partial charge in [-0.1, -0.05) is 29.8 Å². The molecule has 3 aromatic carbocycles. The van der Waals surface area contributed by atoms with E-state index < -0.39 is 29.3 Å². The predicted octanol–water partition coefficient (Wildman–Crippen LogP) is 4.78. The van der Waals surface area contributed by atoms with Crippen LogP contribution in [-0.4, -0.2) is 31.0 Å². The van der Waals surface area contributed by atoms with E-state index in [-0.39, 0.29) is 11.1 Å². The number of aliphatic hydroxyl groups is 1. The lowest BCUT2D eigenvalue weighted by Crippen LogP contribution is -2.29. The topological polar surface area (TPSA) is 76.1 Å². The molecule has 0 radical (unpaired) electrons. The summed E-state index contributed by atoms with van der Waals surface area (Å²) in [7, 11) is 2.90. The van der Waals surface area contributed by atoms with E-state index in [4.69, 9.17) is 9.47 Å². The number of nitrogens with zero attached hydrogens (tertiary/aromatic N) is 1. The van der Waals surface area contributed by atoms with Crippen molar-refractivity contribution in [2.24, 2.45) is 0 Å². The number of ether oxygens (including phenoxy) is 2. The minimum atomic E-state index is -0.968. The molecule has 1 unspecified atom stereocenters. The normalized spacial score (nSPS) is 17.3. The van der Waals surface area contributed by atoms with Crippen LogP contribution in [0.4, 0.5) is 10.1 Å². The molecular formula is C26H22FNO5. The number of Topliss-reactive ketones (excluding diaryl/α,β-unsaturated/α-hetero) is 1. The summed E-state index contributed by atoms with van der Waals surface area (Å²) in [4.78, 5) is 27.7. The fraction of sp³-hybridized carbons (Fsp3) is 0.154. The Morgan fingerprint density at radius 3 is 2.21 bits per heavy atom. The van der Waals surface area contributed by atoms with E-state index in [1.54, 1.807) is 24.3 Å². The first-order valence-corrected chi connectivity index (χ1v) is 10.2. The highest BCUT2D eigenvalue weighted by Crippen LogP contribution is 2.43. The van der Waals surface area contributed by atoms with Crippen molar-refractivity contribution in [3.05, 3.63) is 94.8 Å². The minimum absolute atomic E-state index is 0.126. The molecule has 0 spiro atoms. The number of hydrogen-bond donors (Lipinski definition) is 1. The van der Waals surface area contributed by atoms with Crippen LogP contribution in [-0.2, 0) is 9.59 Å². The second kappa shape index (κ2) is 8.78. The summed E-state index contributed by atoms with van der Waals surface area (Å²) in [6.45, 7) is 1.91. The van der Waals surface area contributed by atoms with Crippen molar-refractivity contribution in [3.8, 4) is 11.5 Å². The molecule has 0 saturated carbocycles. The van der Waals surface area contributed by atoms with Crippen molar-refractivity contribution >= 4 is 23.1 Å². The Kier molecular flexibility index (Phi) is 5.87. The van der Waals surface area contributed by atoms with Crippen LogP contribution in [0.3, 0.4) is 0 Å². The maximum atomic E-state index is 13.7. The zero-order valence-corrected chi connectivity index (χ0v) is 18.3. The van der Waals surface area contributed by atoms with Crippen LogP contribution in [0, 0.1) is 12.7 Å². The number of aliphatic hydroxyl groups excluding tert-OH is 1. The maximum absolute atomic E-state index is 13.7. The Hall–Kier alpha value is -4.13. The van der Waals surface area contributed by atoms with E-state index in [9.17, 15) is 19.1 Å². The third-order valence-corrected chi connectivity index (χ3v) is 5.60. The van der Waals surface area contributed by atoms with Crippen molar-refractivity contribution in [1.82, 2.24) is 0 Å². The number of carbonyl (C=O) groups is 2. The molecule has 7 heteroatoms. The first-order valence-electron chi connectivity index (χ1n) is 10.2. The first kappa shape index (κ1) is 22.1. The Morgan fingerprint density at radius 2 is 1.61 bits per heavy atom. The Morgan fingerprint density at radius 1 is 0.939 bits per heavy atom. The molecule has 0 aromatic heterocycles. The van der Waals surface area contributed by atoms with Crippen LogP contribution in [0.25, 0.3) is 5.76 Å². The molecule has 1 amide bonds. The monoisotopic (exact) mass is 447 g/mol. The number of aryl methyl sites for hydroxylation is 1. The molecule has 3 aromatic rings. The SMILES string of the molecule is COc1ccc(OC)c(/C(O)=C2\C(=O)C(=O)N(c3ccc(C)cc3)C2c2ccc(F)cc2)c1. The van der Waals surface area contributed by atoms with Gasteiger partial charge in [0.1, 0.15) is 23.1 Å². The van der Waals surface area contributed by atoms with E-state index in [1.165, 1.54) is 49.5 Å². The van der Waals surface area contributed by atoms with Crippen LogP contribution in [0.15, 0.2) is 72.3 Å². The molecule has 168 valence electrons. The van der Waals surface area contributed by atoms with Crippen molar-refractivity contribution in [3.63, 3.8) is 0 Å². The molecule has 0 bridgehead atoms. The van der Waals surface area contributed by atoms with Gasteiger partial charge in [0.05, 0.1) is 31.4 Å². The number of methoxy groups -OCH3 is 2. The summed E-state index contributed by atoms with van der Waals surface area (Å²) in [6, 6.07) is 16.4. The molecule has 4 rings (SSSR count). The third kappa shape index (κ3) is 3.93. The average Bonchev–Trinajstić information content (AvgIpc) is 3.09. The third-order valence-electron chi connectivity index (χ3n) is 5.60. The number of ketones is 1. The standard InChI is InChI=1S/C26H22FNO5/c1-15-4-10-18(11-5-15)28-23(16-6-8-17(27)9-7-16)22(25(30)26(28)31)24(29)20-14-19(32-2)12-13-21(20)33-3/h4-14,23,29H,1-3H3/b24-22+. The van der Waals surface area contributed by atoms with Crippen LogP contribution in [0.5, 0.6) is 11.5 Å². The summed E-state index contributed by atoms with van der Waals surface area (Å²) in [5.74, 6) is -1.78. The highest BCUT2D eigenvalue weighted by atomic mass is 19.1. The van der Waals surface area contributed by atoms with Crippen molar-refractivity contribution in [2.75, 3.05) is 19.1 Å². The highest BCUT2D eigenvalue weighted by molar-refractivity contribution is 6.51. The molecule has 1 heterocycles. The number of carbonyl (C=O) groups excluding carboxylic acids is 2. The van der Waals surface area contributed by atoms with Gasteiger partial charge in [0.25, 0.3) is 11.7 Å². The lowest BCUT2D eigenvalue weighted by atomic mass is 9.94. The highest BCUT2D eigenvalue weighted by Gasteiger charge is 2.47. The molecule has 6 nitrogen and oxygen atoms in total. The van der Waals surface area contributed by atoms with Gasteiger partial charge in [-0.25, -0.2) is 4.39 Å². The number of benzene rings is 3. The zero-order chi connectivity index (χ0) is 23.7. The summed E-state index contributed by atoms with van der Waals surface area (Å²) >= 11 is 0. The quantitative estimate of drug-likeness (QED) is 0.346. The molecule has 1 saturated heterocycles. The van der Waals surface area contributed by atoms with E-state index in [0.29, 0.717) is 22.7 Å². The van der Waals surface area contributed by atoms with Gasteiger partial charge in [-0.2, -0.15) is 0 Å². The molecule has 1 fully saturated rings. The van der Waals surface area contributed by atoms with Gasteiger partial charge < -0.3 is 14.6 Å². The molecule has 1 atom stereocenters. The van der Waals surface area contributed by atoms with Crippen LogP contribution < -0.4 is 14.4 Å². The molecule has 1 N–H and O–H groups in total. The van der Waals surface area contributed by atoms with Gasteiger partial charge in [0.15, 0.2) is 0 Å². The van der Waals surface area contributed by atoms with Crippen molar-refractivity contribution in [2.45, 2.75) is 13.0 Å². The van der Waals surface area contributed by atoms with E-state index in [0.717, 1.165) is 5.56 Å². The molecule has 1 aliphatic heterocycles. The van der Waals surface area contributed by atoms with E-state index in [2.05, 4.69) is 0 Å². The largest absolute Gasteiger partial charge is 0.507 e. The second-order valence-corrected chi connectivity index (χ2v) is 7.62. The zero-order valence-electron chi connectivity index (χ0n) is 18.3. The number of halogens is 1. The summed E-state index contributed by atoms with van der Waals surface area (Å²) < 4.78 is 24.3. The predicted molar refractivity (Wildman–Crippen MR) is 122 cm³/mol. The van der Waals surface area contributed by atoms with Crippen LogP contribution in [0.2, 0.25) is 0 Å². The summed E-state index contributed by atoms with van der Waals surface area (Å²) in [5, 5.41) is 11.3. The molecular weight excluding hydrogens is 425 g/mol. The number of amides is 1. The number of anilines is 1. The lowest BCUT2D eigenvalue weighted by molar-refractivity contribution is -0.132. The Labute approximate surface area is 190 Å². The smallest absolute Gasteiger partial charge is 0.300 e. The minimum Gasteiger partial charge on any atom is -0.507 e. The van der Waals surface area contributed by atoms with Gasteiger partial charge in [0.2, 0.25) is 0 Å². The van der Waals surface area contributed by atoms with Gasteiger partial charge >= 0.3 is 0 Å². The number of rotatable bonds is 5. The van der Waals surface area contributed by atoms with Gasteiger partial charge in [0, 0.05) is 5.69 Å². The Bertz CT molecular complexity index is 1250. The van der Waals surface area contributed by atoms with Crippen LogP contribution in [0.1, 0.15) is 22.7 Å².